The Morgan fingerprint density at radius 3 is 1.78 bits per heavy atom. The molecule has 104 valence electrons. The summed E-state index contributed by atoms with van der Waals surface area (Å²) in [4.78, 5) is 0. The SMILES string of the molecule is CC=CC=CC=CCCCCCCCCCCC. The van der Waals surface area contributed by atoms with Crippen molar-refractivity contribution in [2.24, 2.45) is 0 Å². The molecule has 0 rings (SSSR count). The van der Waals surface area contributed by atoms with E-state index in [1.54, 1.807) is 0 Å². The fourth-order valence-electron chi connectivity index (χ4n) is 1.99. The molecule has 0 heteroatoms. The summed E-state index contributed by atoms with van der Waals surface area (Å²) < 4.78 is 0. The Morgan fingerprint density at radius 2 is 1.17 bits per heavy atom. The van der Waals surface area contributed by atoms with Crippen molar-refractivity contribution in [3.05, 3.63) is 36.5 Å². The third-order valence-electron chi connectivity index (χ3n) is 3.14. The first-order chi connectivity index (χ1) is 8.91. The molecule has 0 radical (unpaired) electrons. The average Bonchev–Trinajstić information content (AvgIpc) is 2.39. The van der Waals surface area contributed by atoms with Gasteiger partial charge < -0.3 is 0 Å². The van der Waals surface area contributed by atoms with E-state index in [1.807, 2.05) is 13.0 Å². The number of unbranched alkanes of at least 4 members (excludes halogenated alkanes) is 9. The van der Waals surface area contributed by atoms with Crippen molar-refractivity contribution in [3.63, 3.8) is 0 Å². The lowest BCUT2D eigenvalue weighted by atomic mass is 10.1. The van der Waals surface area contributed by atoms with E-state index in [0.29, 0.717) is 0 Å². The third kappa shape index (κ3) is 15.2. The highest BCUT2D eigenvalue weighted by Gasteiger charge is 1.90. The fourth-order valence-corrected chi connectivity index (χ4v) is 1.99. The Hall–Kier alpha value is -0.780. The van der Waals surface area contributed by atoms with Crippen LogP contribution in [0.1, 0.15) is 78.1 Å². The summed E-state index contributed by atoms with van der Waals surface area (Å²) in [5.74, 6) is 0. The summed E-state index contributed by atoms with van der Waals surface area (Å²) in [5, 5.41) is 0. The lowest BCUT2D eigenvalue weighted by molar-refractivity contribution is 0.566. The molecular formula is C18H32. The second kappa shape index (κ2) is 16.2. The highest BCUT2D eigenvalue weighted by molar-refractivity contribution is 5.10. The second-order valence-electron chi connectivity index (χ2n) is 4.96. The van der Waals surface area contributed by atoms with Gasteiger partial charge in [-0.2, -0.15) is 0 Å². The van der Waals surface area contributed by atoms with Gasteiger partial charge in [0.1, 0.15) is 0 Å². The maximum absolute atomic E-state index is 2.28. The van der Waals surface area contributed by atoms with Crippen molar-refractivity contribution in [1.82, 2.24) is 0 Å². The third-order valence-corrected chi connectivity index (χ3v) is 3.14. The van der Waals surface area contributed by atoms with Crippen LogP contribution in [0.3, 0.4) is 0 Å². The Balaban J connectivity index is 3.11. The summed E-state index contributed by atoms with van der Waals surface area (Å²) in [6.07, 6.45) is 26.7. The van der Waals surface area contributed by atoms with E-state index in [-0.39, 0.29) is 0 Å². The van der Waals surface area contributed by atoms with Gasteiger partial charge in [0.05, 0.1) is 0 Å². The first-order valence-corrected chi connectivity index (χ1v) is 7.86. The van der Waals surface area contributed by atoms with E-state index in [2.05, 4.69) is 37.3 Å². The highest BCUT2D eigenvalue weighted by atomic mass is 14.0. The number of hydrogen-bond acceptors (Lipinski definition) is 0. The quantitative estimate of drug-likeness (QED) is 0.270. The van der Waals surface area contributed by atoms with Crippen molar-refractivity contribution in [2.45, 2.75) is 78.1 Å². The number of rotatable bonds is 12. The maximum Gasteiger partial charge on any atom is -0.0348 e. The molecule has 0 spiro atoms. The standard InChI is InChI=1S/C18H32/c1-3-5-7-9-11-13-15-17-18-16-14-12-10-8-6-4-2/h3,5,7,9,11,13H,4,6,8,10,12,14-18H2,1-2H3. The predicted octanol–water partition coefficient (Wildman–Crippen LogP) is 6.60. The number of hydrogen-bond donors (Lipinski definition) is 0. The molecule has 0 atom stereocenters. The minimum Gasteiger partial charge on any atom is -0.0877 e. The van der Waals surface area contributed by atoms with Crippen molar-refractivity contribution in [3.8, 4) is 0 Å². The Bertz CT molecular complexity index is 220. The van der Waals surface area contributed by atoms with Gasteiger partial charge in [-0.3, -0.25) is 0 Å². The van der Waals surface area contributed by atoms with Crippen LogP contribution in [0.15, 0.2) is 36.5 Å². The maximum atomic E-state index is 2.28. The molecule has 0 unspecified atom stereocenters. The minimum absolute atomic E-state index is 1.23. The molecule has 0 aromatic heterocycles. The Kier molecular flexibility index (Phi) is 15.5. The van der Waals surface area contributed by atoms with Gasteiger partial charge in [-0.25, -0.2) is 0 Å². The van der Waals surface area contributed by atoms with E-state index in [9.17, 15) is 0 Å². The van der Waals surface area contributed by atoms with Crippen LogP contribution >= 0.6 is 0 Å². The van der Waals surface area contributed by atoms with Crippen LogP contribution in [0, 0.1) is 0 Å². The largest absolute Gasteiger partial charge is 0.0877 e. The van der Waals surface area contributed by atoms with Crippen LogP contribution in [0.2, 0.25) is 0 Å². The molecule has 0 aliphatic rings. The van der Waals surface area contributed by atoms with Gasteiger partial charge in [0, 0.05) is 0 Å². The first-order valence-electron chi connectivity index (χ1n) is 7.86. The summed E-state index contributed by atoms with van der Waals surface area (Å²) in [7, 11) is 0. The van der Waals surface area contributed by atoms with Crippen molar-refractivity contribution in [1.29, 1.82) is 0 Å². The van der Waals surface area contributed by atoms with Gasteiger partial charge in [-0.1, -0.05) is 94.7 Å². The first kappa shape index (κ1) is 17.2. The van der Waals surface area contributed by atoms with Crippen LogP contribution in [-0.2, 0) is 0 Å². The highest BCUT2D eigenvalue weighted by Crippen LogP contribution is 2.10. The molecule has 18 heavy (non-hydrogen) atoms. The van der Waals surface area contributed by atoms with Gasteiger partial charge in [-0.05, 0) is 19.8 Å². The normalized spacial score (nSPS) is 12.3. The lowest BCUT2D eigenvalue weighted by Crippen LogP contribution is -1.80. The summed E-state index contributed by atoms with van der Waals surface area (Å²) in [6.45, 7) is 4.32. The zero-order valence-electron chi connectivity index (χ0n) is 12.5. The van der Waals surface area contributed by atoms with E-state index < -0.39 is 0 Å². The summed E-state index contributed by atoms with van der Waals surface area (Å²) >= 11 is 0. The van der Waals surface area contributed by atoms with Crippen LogP contribution in [0.5, 0.6) is 0 Å². The van der Waals surface area contributed by atoms with Crippen LogP contribution in [0.4, 0.5) is 0 Å². The van der Waals surface area contributed by atoms with Crippen molar-refractivity contribution < 1.29 is 0 Å². The topological polar surface area (TPSA) is 0 Å². The molecule has 0 aliphatic heterocycles. The van der Waals surface area contributed by atoms with E-state index in [0.717, 1.165) is 0 Å². The molecule has 0 bridgehead atoms. The van der Waals surface area contributed by atoms with Crippen LogP contribution in [-0.4, -0.2) is 0 Å². The van der Waals surface area contributed by atoms with Crippen molar-refractivity contribution >= 4 is 0 Å². The molecule has 0 aliphatic carbocycles. The molecule has 0 nitrogen and oxygen atoms in total. The molecule has 0 heterocycles. The van der Waals surface area contributed by atoms with Gasteiger partial charge in [-0.15, -0.1) is 0 Å². The van der Waals surface area contributed by atoms with Crippen LogP contribution in [0.25, 0.3) is 0 Å². The molecule has 0 N–H and O–H groups in total. The minimum atomic E-state index is 1.23. The van der Waals surface area contributed by atoms with Gasteiger partial charge >= 0.3 is 0 Å². The monoisotopic (exact) mass is 248 g/mol. The molecule has 0 aromatic carbocycles. The smallest absolute Gasteiger partial charge is 0.0348 e. The Labute approximate surface area is 115 Å². The van der Waals surface area contributed by atoms with E-state index in [4.69, 9.17) is 0 Å². The van der Waals surface area contributed by atoms with Crippen molar-refractivity contribution in [2.75, 3.05) is 0 Å². The van der Waals surface area contributed by atoms with Gasteiger partial charge in [0.15, 0.2) is 0 Å². The van der Waals surface area contributed by atoms with Crippen LogP contribution < -0.4 is 0 Å². The second-order valence-corrected chi connectivity index (χ2v) is 4.96. The molecular weight excluding hydrogens is 216 g/mol. The van der Waals surface area contributed by atoms with E-state index in [1.165, 1.54) is 64.2 Å². The predicted molar refractivity (Wildman–Crippen MR) is 84.9 cm³/mol. The molecule has 0 saturated carbocycles. The van der Waals surface area contributed by atoms with Gasteiger partial charge in [0.2, 0.25) is 0 Å². The molecule has 0 fully saturated rings. The zero-order valence-corrected chi connectivity index (χ0v) is 12.5. The lowest BCUT2D eigenvalue weighted by Gasteiger charge is -2.00. The van der Waals surface area contributed by atoms with Gasteiger partial charge in [0.25, 0.3) is 0 Å². The molecule has 0 aromatic rings. The summed E-state index contributed by atoms with van der Waals surface area (Å²) in [5.41, 5.74) is 0. The zero-order chi connectivity index (χ0) is 13.3. The van der Waals surface area contributed by atoms with E-state index >= 15 is 0 Å². The summed E-state index contributed by atoms with van der Waals surface area (Å²) in [6, 6.07) is 0. The molecule has 0 amide bonds. The Morgan fingerprint density at radius 1 is 0.611 bits per heavy atom. The molecule has 0 saturated heterocycles. The number of allylic oxidation sites excluding steroid dienone is 6. The average molecular weight is 248 g/mol. The fraction of sp³-hybridized carbons (Fsp3) is 0.667.